The number of rotatable bonds is 6. The predicted molar refractivity (Wildman–Crippen MR) is 230 cm³/mol. The predicted octanol–water partition coefficient (Wildman–Crippen LogP) is 14.8. The number of fused-ring (bicyclic) bond motifs is 5. The second kappa shape index (κ2) is 12.8. The van der Waals surface area contributed by atoms with Gasteiger partial charge in [-0.25, -0.2) is 0 Å². The molecule has 1 aliphatic carbocycles. The van der Waals surface area contributed by atoms with E-state index in [0.29, 0.717) is 0 Å². The van der Waals surface area contributed by atoms with Gasteiger partial charge in [-0.15, -0.1) is 0 Å². The van der Waals surface area contributed by atoms with E-state index in [4.69, 9.17) is 0 Å². The number of hydrogen-bond acceptors (Lipinski definition) is 1. The van der Waals surface area contributed by atoms with Gasteiger partial charge in [0.25, 0.3) is 0 Å². The summed E-state index contributed by atoms with van der Waals surface area (Å²) in [6.07, 6.45) is 0. The van der Waals surface area contributed by atoms with Crippen molar-refractivity contribution in [2.75, 3.05) is 4.90 Å². The van der Waals surface area contributed by atoms with Gasteiger partial charge in [-0.05, 0) is 102 Å². The molecule has 0 saturated heterocycles. The van der Waals surface area contributed by atoms with Gasteiger partial charge in [-0.3, -0.25) is 0 Å². The molecule has 0 fully saturated rings. The largest absolute Gasteiger partial charge is 0.310 e. The summed E-state index contributed by atoms with van der Waals surface area (Å²) in [6.45, 7) is 4.70. The number of benzene rings is 9. The normalized spacial score (nSPS) is 12.8. The Hall–Kier alpha value is -6.70. The highest BCUT2D eigenvalue weighted by Gasteiger charge is 2.36. The summed E-state index contributed by atoms with van der Waals surface area (Å²) in [5, 5.41) is 4.98. The molecule has 0 unspecified atom stereocenters. The van der Waals surface area contributed by atoms with Gasteiger partial charge in [0.2, 0.25) is 0 Å². The molecule has 0 amide bonds. The smallest absolute Gasteiger partial charge is 0.0540 e. The van der Waals surface area contributed by atoms with Crippen molar-refractivity contribution in [3.63, 3.8) is 0 Å². The van der Waals surface area contributed by atoms with Crippen molar-refractivity contribution in [1.29, 1.82) is 0 Å². The molecule has 54 heavy (non-hydrogen) atoms. The third kappa shape index (κ3) is 5.24. The van der Waals surface area contributed by atoms with Crippen LogP contribution in [0.3, 0.4) is 0 Å². The van der Waals surface area contributed by atoms with Gasteiger partial charge in [0.05, 0.1) is 5.69 Å². The van der Waals surface area contributed by atoms with E-state index in [1.165, 1.54) is 77.2 Å². The van der Waals surface area contributed by atoms with Gasteiger partial charge in [-0.1, -0.05) is 184 Å². The van der Waals surface area contributed by atoms with Crippen LogP contribution in [-0.4, -0.2) is 0 Å². The molecule has 9 aromatic rings. The van der Waals surface area contributed by atoms with Crippen LogP contribution in [0.1, 0.15) is 25.0 Å². The second-order valence-electron chi connectivity index (χ2n) is 14.9. The number of anilines is 3. The molecule has 0 aliphatic heterocycles. The summed E-state index contributed by atoms with van der Waals surface area (Å²) < 4.78 is 0. The van der Waals surface area contributed by atoms with Crippen LogP contribution in [0.5, 0.6) is 0 Å². The van der Waals surface area contributed by atoms with Crippen LogP contribution >= 0.6 is 0 Å². The third-order valence-corrected chi connectivity index (χ3v) is 11.5. The average molecular weight is 690 g/mol. The Morgan fingerprint density at radius 2 is 0.870 bits per heavy atom. The Balaban J connectivity index is 1.09. The summed E-state index contributed by atoms with van der Waals surface area (Å²) in [5.74, 6) is 0. The molecule has 0 radical (unpaired) electrons. The maximum Gasteiger partial charge on any atom is 0.0540 e. The monoisotopic (exact) mass is 689 g/mol. The molecule has 10 rings (SSSR count). The van der Waals surface area contributed by atoms with E-state index in [9.17, 15) is 0 Å². The molecule has 0 aromatic heterocycles. The van der Waals surface area contributed by atoms with Crippen LogP contribution in [0, 0.1) is 0 Å². The maximum absolute atomic E-state index is 2.41. The van der Waals surface area contributed by atoms with E-state index in [-0.39, 0.29) is 5.41 Å². The Kier molecular flexibility index (Phi) is 7.56. The highest BCUT2D eigenvalue weighted by atomic mass is 15.1. The highest BCUT2D eigenvalue weighted by molar-refractivity contribution is 5.98. The van der Waals surface area contributed by atoms with E-state index in [0.717, 1.165) is 17.1 Å². The Morgan fingerprint density at radius 1 is 0.352 bits per heavy atom. The second-order valence-corrected chi connectivity index (χ2v) is 14.9. The van der Waals surface area contributed by atoms with Gasteiger partial charge in [0.15, 0.2) is 0 Å². The molecule has 0 heterocycles. The van der Waals surface area contributed by atoms with Crippen LogP contribution in [0.2, 0.25) is 0 Å². The molecule has 0 bridgehead atoms. The van der Waals surface area contributed by atoms with E-state index in [2.05, 4.69) is 219 Å². The molecule has 0 N–H and O–H groups in total. The van der Waals surface area contributed by atoms with E-state index >= 15 is 0 Å². The SMILES string of the molecule is CC1(C)c2ccccc2-c2c(-c3ccc(N(c4ccc5ccccc5c4)c4ccccc4-c4ccc(-c5cccc6ccccc56)cc4)cc3)cccc21. The molecule has 0 saturated carbocycles. The van der Waals surface area contributed by atoms with Crippen molar-refractivity contribution < 1.29 is 0 Å². The lowest BCUT2D eigenvalue weighted by atomic mass is 9.82. The van der Waals surface area contributed by atoms with Crippen LogP contribution in [0.4, 0.5) is 17.1 Å². The molecule has 1 aliphatic rings. The van der Waals surface area contributed by atoms with E-state index in [1.54, 1.807) is 0 Å². The third-order valence-electron chi connectivity index (χ3n) is 11.5. The van der Waals surface area contributed by atoms with Crippen molar-refractivity contribution in [2.45, 2.75) is 19.3 Å². The van der Waals surface area contributed by atoms with Gasteiger partial charge in [0, 0.05) is 22.4 Å². The molecule has 1 heteroatoms. The molecule has 1 nitrogen and oxygen atoms in total. The lowest BCUT2D eigenvalue weighted by Gasteiger charge is -2.28. The van der Waals surface area contributed by atoms with Crippen LogP contribution in [-0.2, 0) is 5.41 Å². The summed E-state index contributed by atoms with van der Waals surface area (Å²) >= 11 is 0. The van der Waals surface area contributed by atoms with E-state index in [1.807, 2.05) is 0 Å². The molecular weight excluding hydrogens is 651 g/mol. The van der Waals surface area contributed by atoms with Crippen molar-refractivity contribution in [2.24, 2.45) is 0 Å². The molecule has 256 valence electrons. The summed E-state index contributed by atoms with van der Waals surface area (Å²) in [6, 6.07) is 73.3. The van der Waals surface area contributed by atoms with Gasteiger partial charge >= 0.3 is 0 Å². The lowest BCUT2D eigenvalue weighted by molar-refractivity contribution is 0.660. The topological polar surface area (TPSA) is 3.24 Å². The summed E-state index contributed by atoms with van der Waals surface area (Å²) in [7, 11) is 0. The minimum Gasteiger partial charge on any atom is -0.310 e. The lowest BCUT2D eigenvalue weighted by Crippen LogP contribution is -2.14. The zero-order valence-electron chi connectivity index (χ0n) is 30.5. The number of nitrogens with zero attached hydrogens (tertiary/aromatic N) is 1. The van der Waals surface area contributed by atoms with Crippen molar-refractivity contribution in [3.8, 4) is 44.5 Å². The minimum absolute atomic E-state index is 0.0362. The zero-order valence-corrected chi connectivity index (χ0v) is 30.5. The fraction of sp³-hybridized carbons (Fsp3) is 0.0566. The number of para-hydroxylation sites is 1. The minimum atomic E-state index is -0.0362. The molecule has 9 aromatic carbocycles. The van der Waals surface area contributed by atoms with Crippen molar-refractivity contribution >= 4 is 38.6 Å². The highest BCUT2D eigenvalue weighted by Crippen LogP contribution is 2.52. The van der Waals surface area contributed by atoms with Gasteiger partial charge < -0.3 is 4.90 Å². The van der Waals surface area contributed by atoms with Crippen LogP contribution in [0.15, 0.2) is 200 Å². The van der Waals surface area contributed by atoms with Crippen LogP contribution < -0.4 is 4.90 Å². The Bertz CT molecular complexity index is 2840. The van der Waals surface area contributed by atoms with E-state index < -0.39 is 0 Å². The summed E-state index contributed by atoms with van der Waals surface area (Å²) in [4.78, 5) is 2.41. The summed E-state index contributed by atoms with van der Waals surface area (Å²) in [5.41, 5.74) is 16.1. The Morgan fingerprint density at radius 3 is 1.69 bits per heavy atom. The first-order chi connectivity index (χ1) is 26.5. The van der Waals surface area contributed by atoms with Crippen molar-refractivity contribution in [1.82, 2.24) is 0 Å². The maximum atomic E-state index is 2.41. The zero-order chi connectivity index (χ0) is 36.2. The molecule has 0 spiro atoms. The number of hydrogen-bond donors (Lipinski definition) is 0. The first-order valence-electron chi connectivity index (χ1n) is 18.8. The Labute approximate surface area is 317 Å². The fourth-order valence-corrected chi connectivity index (χ4v) is 8.75. The van der Waals surface area contributed by atoms with Crippen LogP contribution in [0.25, 0.3) is 66.1 Å². The average Bonchev–Trinajstić information content (AvgIpc) is 3.47. The quantitative estimate of drug-likeness (QED) is 0.168. The van der Waals surface area contributed by atoms with Gasteiger partial charge in [-0.2, -0.15) is 0 Å². The standard InChI is InChI=1S/C53H39N/c1-53(2)49-22-9-7-19-48(49)52-47(21-12-23-50(52)53)40-30-32-42(33-31-40)54(43-34-29-36-13-3-4-15-41(36)35-43)51-24-10-8-18-46(51)39-27-25-38(26-28-39)45-20-11-16-37-14-5-6-17-44(37)45/h3-35H,1-2H3. The van der Waals surface area contributed by atoms with Crippen molar-refractivity contribution in [3.05, 3.63) is 211 Å². The fourth-order valence-electron chi connectivity index (χ4n) is 8.75. The first-order valence-corrected chi connectivity index (χ1v) is 18.8. The molecule has 0 atom stereocenters. The van der Waals surface area contributed by atoms with Gasteiger partial charge in [0.1, 0.15) is 0 Å². The molecular formula is C53H39N. The first kappa shape index (κ1) is 32.0.